The van der Waals surface area contributed by atoms with Gasteiger partial charge in [-0.3, -0.25) is 9.80 Å². The Bertz CT molecular complexity index is 321. The quantitative estimate of drug-likeness (QED) is 0.780. The van der Waals surface area contributed by atoms with Crippen molar-refractivity contribution in [3.63, 3.8) is 0 Å². The first-order valence-corrected chi connectivity index (χ1v) is 8.80. The molecular formula is C17H33N3O. The molecule has 0 aromatic rings. The van der Waals surface area contributed by atoms with Gasteiger partial charge in [0, 0.05) is 44.8 Å². The highest BCUT2D eigenvalue weighted by Crippen LogP contribution is 2.34. The molecule has 3 aliphatic rings. The van der Waals surface area contributed by atoms with Crippen LogP contribution in [0.3, 0.4) is 0 Å². The summed E-state index contributed by atoms with van der Waals surface area (Å²) in [6, 6.07) is 0. The second-order valence-corrected chi connectivity index (χ2v) is 8.16. The van der Waals surface area contributed by atoms with E-state index in [0.717, 1.165) is 38.1 Å². The first kappa shape index (κ1) is 15.7. The summed E-state index contributed by atoms with van der Waals surface area (Å²) in [6.45, 7) is 19.0. The summed E-state index contributed by atoms with van der Waals surface area (Å²) >= 11 is 0. The average Bonchev–Trinajstić information content (AvgIpc) is 2.97. The maximum absolute atomic E-state index is 5.41. The lowest BCUT2D eigenvalue weighted by atomic mass is 10.0. The van der Waals surface area contributed by atoms with Crippen molar-refractivity contribution in [3.05, 3.63) is 0 Å². The maximum atomic E-state index is 5.41. The second-order valence-electron chi connectivity index (χ2n) is 8.16. The normalized spacial score (nSPS) is 32.7. The van der Waals surface area contributed by atoms with Gasteiger partial charge in [0.2, 0.25) is 0 Å². The zero-order chi connectivity index (χ0) is 14.9. The molecule has 3 aliphatic heterocycles. The fourth-order valence-corrected chi connectivity index (χ4v) is 4.16. The monoisotopic (exact) mass is 295 g/mol. The van der Waals surface area contributed by atoms with Gasteiger partial charge in [-0.05, 0) is 52.1 Å². The topological polar surface area (TPSA) is 19.0 Å². The van der Waals surface area contributed by atoms with E-state index in [9.17, 15) is 0 Å². The predicted octanol–water partition coefficient (Wildman–Crippen LogP) is 1.37. The zero-order valence-corrected chi connectivity index (χ0v) is 14.2. The fraction of sp³-hybridized carbons (Fsp3) is 1.00. The molecule has 3 fully saturated rings. The molecule has 0 N–H and O–H groups in total. The third-order valence-corrected chi connectivity index (χ3v) is 5.56. The van der Waals surface area contributed by atoms with E-state index in [1.54, 1.807) is 0 Å². The molecule has 0 amide bonds. The van der Waals surface area contributed by atoms with E-state index in [2.05, 4.69) is 35.5 Å². The van der Waals surface area contributed by atoms with Gasteiger partial charge in [0.1, 0.15) is 0 Å². The molecular weight excluding hydrogens is 262 g/mol. The highest BCUT2D eigenvalue weighted by Gasteiger charge is 2.42. The van der Waals surface area contributed by atoms with Gasteiger partial charge in [-0.2, -0.15) is 0 Å². The summed E-state index contributed by atoms with van der Waals surface area (Å²) in [6.07, 6.45) is 1.32. The van der Waals surface area contributed by atoms with Crippen LogP contribution in [0.1, 0.15) is 27.2 Å². The zero-order valence-electron chi connectivity index (χ0n) is 14.2. The van der Waals surface area contributed by atoms with E-state index in [1.807, 2.05) is 0 Å². The molecule has 0 aromatic carbocycles. The van der Waals surface area contributed by atoms with Gasteiger partial charge in [-0.1, -0.05) is 0 Å². The van der Waals surface area contributed by atoms with E-state index in [-0.39, 0.29) is 0 Å². The SMILES string of the molecule is CC(C)(C)N1C[C@H]2CN(CCCN3CCOCC3)C[C@H]2C1. The third kappa shape index (κ3) is 3.98. The van der Waals surface area contributed by atoms with Crippen LogP contribution in [0, 0.1) is 11.8 Å². The summed E-state index contributed by atoms with van der Waals surface area (Å²) < 4.78 is 5.41. The van der Waals surface area contributed by atoms with Gasteiger partial charge in [0.15, 0.2) is 0 Å². The van der Waals surface area contributed by atoms with Crippen molar-refractivity contribution in [1.29, 1.82) is 0 Å². The molecule has 0 spiro atoms. The van der Waals surface area contributed by atoms with Crippen molar-refractivity contribution in [3.8, 4) is 0 Å². The van der Waals surface area contributed by atoms with Crippen LogP contribution >= 0.6 is 0 Å². The highest BCUT2D eigenvalue weighted by atomic mass is 16.5. The van der Waals surface area contributed by atoms with Crippen molar-refractivity contribution in [1.82, 2.24) is 14.7 Å². The summed E-state index contributed by atoms with van der Waals surface area (Å²) in [5.41, 5.74) is 0.353. The van der Waals surface area contributed by atoms with Crippen molar-refractivity contribution in [2.75, 3.05) is 65.6 Å². The molecule has 0 aromatic heterocycles. The number of rotatable bonds is 4. The molecule has 21 heavy (non-hydrogen) atoms. The number of nitrogens with zero attached hydrogens (tertiary/aromatic N) is 3. The van der Waals surface area contributed by atoms with Crippen LogP contribution in [0.4, 0.5) is 0 Å². The van der Waals surface area contributed by atoms with Gasteiger partial charge in [0.25, 0.3) is 0 Å². The van der Waals surface area contributed by atoms with E-state index in [0.29, 0.717) is 5.54 Å². The maximum Gasteiger partial charge on any atom is 0.0594 e. The first-order chi connectivity index (χ1) is 10.0. The van der Waals surface area contributed by atoms with E-state index >= 15 is 0 Å². The minimum Gasteiger partial charge on any atom is -0.379 e. The summed E-state index contributed by atoms with van der Waals surface area (Å²) in [5.74, 6) is 1.85. The standard InChI is InChI=1S/C17H33N3O/c1-17(2,3)20-13-15-11-19(12-16(15)14-20)6-4-5-18-7-9-21-10-8-18/h15-16H,4-14H2,1-3H3/t15-,16+. The summed E-state index contributed by atoms with van der Waals surface area (Å²) in [4.78, 5) is 7.96. The minimum absolute atomic E-state index is 0.353. The predicted molar refractivity (Wildman–Crippen MR) is 86.6 cm³/mol. The van der Waals surface area contributed by atoms with Crippen molar-refractivity contribution < 1.29 is 4.74 Å². The lowest BCUT2D eigenvalue weighted by Gasteiger charge is -2.33. The Morgan fingerprint density at radius 3 is 2.00 bits per heavy atom. The lowest BCUT2D eigenvalue weighted by molar-refractivity contribution is 0.0362. The van der Waals surface area contributed by atoms with Crippen LogP contribution in [0.25, 0.3) is 0 Å². The van der Waals surface area contributed by atoms with Crippen LogP contribution in [0.2, 0.25) is 0 Å². The molecule has 0 saturated carbocycles. The van der Waals surface area contributed by atoms with Gasteiger partial charge in [0.05, 0.1) is 13.2 Å². The molecule has 3 heterocycles. The Kier molecular flexibility index (Phi) is 4.89. The van der Waals surface area contributed by atoms with Gasteiger partial charge < -0.3 is 9.64 Å². The third-order valence-electron chi connectivity index (χ3n) is 5.56. The van der Waals surface area contributed by atoms with E-state index in [4.69, 9.17) is 4.74 Å². The smallest absolute Gasteiger partial charge is 0.0594 e. The van der Waals surface area contributed by atoms with Crippen molar-refractivity contribution in [2.45, 2.75) is 32.7 Å². The molecule has 0 aliphatic carbocycles. The van der Waals surface area contributed by atoms with E-state index < -0.39 is 0 Å². The molecule has 0 radical (unpaired) electrons. The van der Waals surface area contributed by atoms with Crippen LogP contribution in [0.15, 0.2) is 0 Å². The van der Waals surface area contributed by atoms with Gasteiger partial charge in [-0.15, -0.1) is 0 Å². The van der Waals surface area contributed by atoms with Crippen molar-refractivity contribution >= 4 is 0 Å². The Hall–Kier alpha value is -0.160. The minimum atomic E-state index is 0.353. The molecule has 0 bridgehead atoms. The summed E-state index contributed by atoms with van der Waals surface area (Å²) in [5, 5.41) is 0. The Morgan fingerprint density at radius 1 is 0.857 bits per heavy atom. The van der Waals surface area contributed by atoms with Crippen LogP contribution in [0.5, 0.6) is 0 Å². The molecule has 3 saturated heterocycles. The number of likely N-dealkylation sites (tertiary alicyclic amines) is 2. The highest BCUT2D eigenvalue weighted by molar-refractivity contribution is 4.96. The van der Waals surface area contributed by atoms with Crippen LogP contribution in [-0.4, -0.2) is 85.8 Å². The van der Waals surface area contributed by atoms with Crippen LogP contribution < -0.4 is 0 Å². The van der Waals surface area contributed by atoms with Gasteiger partial charge in [-0.25, -0.2) is 0 Å². The average molecular weight is 295 g/mol. The lowest BCUT2D eigenvalue weighted by Crippen LogP contribution is -2.42. The Morgan fingerprint density at radius 2 is 1.43 bits per heavy atom. The first-order valence-electron chi connectivity index (χ1n) is 8.80. The molecule has 122 valence electrons. The number of fused-ring (bicyclic) bond motifs is 1. The van der Waals surface area contributed by atoms with E-state index in [1.165, 1.54) is 45.7 Å². The second kappa shape index (κ2) is 6.53. The molecule has 4 nitrogen and oxygen atoms in total. The van der Waals surface area contributed by atoms with Crippen LogP contribution in [-0.2, 0) is 4.74 Å². The van der Waals surface area contributed by atoms with Gasteiger partial charge >= 0.3 is 0 Å². The summed E-state index contributed by atoms with van der Waals surface area (Å²) in [7, 11) is 0. The molecule has 0 unspecified atom stereocenters. The fourth-order valence-electron chi connectivity index (χ4n) is 4.16. The Balaban J connectivity index is 1.35. The number of hydrogen-bond acceptors (Lipinski definition) is 4. The Labute approximate surface area is 130 Å². The number of ether oxygens (including phenoxy) is 1. The molecule has 4 heteroatoms. The molecule has 2 atom stereocenters. The molecule has 3 rings (SSSR count). The number of hydrogen-bond donors (Lipinski definition) is 0. The number of morpholine rings is 1. The van der Waals surface area contributed by atoms with Crippen molar-refractivity contribution in [2.24, 2.45) is 11.8 Å². The largest absolute Gasteiger partial charge is 0.379 e.